The Hall–Kier alpha value is -4.33. The number of rotatable bonds is 15. The van der Waals surface area contributed by atoms with Gasteiger partial charge in [0.05, 0.1) is 29.8 Å². The van der Waals surface area contributed by atoms with Crippen molar-refractivity contribution in [1.82, 2.24) is 0 Å². The van der Waals surface area contributed by atoms with Gasteiger partial charge in [0.1, 0.15) is 0 Å². The van der Waals surface area contributed by atoms with Crippen LogP contribution in [0.2, 0.25) is 0 Å². The number of carboxylic acids is 10. The standard InChI is InChI=1S/5C4H7NO4.2V/c5*5-2(4(8)9)1-3(6)7;;/h5*2H,1,5H2,(H,6,7)(H,8,9);;/p-10/t5*2-;;/m00000../s1. The maximum Gasteiger partial charge on any atom is 0.0586 e. The first-order valence-corrected chi connectivity index (χ1v) is 11.0. The summed E-state index contributed by atoms with van der Waals surface area (Å²) < 4.78 is 0. The molecular formula is C20H25N5O20V2-10. The van der Waals surface area contributed by atoms with Gasteiger partial charge in [0.15, 0.2) is 0 Å². The van der Waals surface area contributed by atoms with Crippen molar-refractivity contribution in [3.8, 4) is 0 Å². The molecule has 0 spiro atoms. The molecule has 25 nitrogen and oxygen atoms in total. The number of carboxylic acid groups (broad SMARTS) is 10. The van der Waals surface area contributed by atoms with Crippen LogP contribution in [0.15, 0.2) is 0 Å². The van der Waals surface area contributed by atoms with Crippen molar-refractivity contribution in [3.63, 3.8) is 0 Å². The fourth-order valence-electron chi connectivity index (χ4n) is 1.31. The molecule has 0 rings (SSSR count). The molecule has 0 bridgehead atoms. The van der Waals surface area contributed by atoms with Crippen molar-refractivity contribution in [2.24, 2.45) is 28.7 Å². The van der Waals surface area contributed by atoms with E-state index in [2.05, 4.69) is 0 Å². The van der Waals surface area contributed by atoms with Crippen molar-refractivity contribution in [2.75, 3.05) is 0 Å². The van der Waals surface area contributed by atoms with Crippen LogP contribution in [0.5, 0.6) is 0 Å². The van der Waals surface area contributed by atoms with Gasteiger partial charge in [0.25, 0.3) is 0 Å². The van der Waals surface area contributed by atoms with Crippen LogP contribution in [0, 0.1) is 0 Å². The van der Waals surface area contributed by atoms with E-state index < -0.39 is 122 Å². The van der Waals surface area contributed by atoms with Crippen molar-refractivity contribution < 1.29 is 136 Å². The Kier molecular flexibility index (Phi) is 40.9. The van der Waals surface area contributed by atoms with Gasteiger partial charge in [0, 0.05) is 129 Å². The number of hydrogen-bond donors (Lipinski definition) is 5. The summed E-state index contributed by atoms with van der Waals surface area (Å²) in [6.45, 7) is 0. The molecule has 47 heavy (non-hydrogen) atoms. The molecule has 0 unspecified atom stereocenters. The molecule has 0 saturated carbocycles. The third kappa shape index (κ3) is 51.5. The predicted octanol–water partition coefficient (Wildman–Crippen LogP) is -19.0. The molecule has 0 aliphatic carbocycles. The first-order valence-electron chi connectivity index (χ1n) is 11.0. The number of hydrogen-bond acceptors (Lipinski definition) is 25. The third-order valence-corrected chi connectivity index (χ3v) is 3.45. The molecular weight excluding hydrogens is 732 g/mol. The molecule has 270 valence electrons. The zero-order chi connectivity index (χ0) is 37.2. The van der Waals surface area contributed by atoms with E-state index in [1.165, 1.54) is 0 Å². The topological polar surface area (TPSA) is 531 Å². The Balaban J connectivity index is -0.0000000842. The first-order chi connectivity index (χ1) is 20.2. The normalized spacial score (nSPS) is 12.0. The average Bonchev–Trinajstić information content (AvgIpc) is 2.83. The molecule has 0 aromatic heterocycles. The maximum absolute atomic E-state index is 9.71. The molecule has 0 saturated heterocycles. The zero-order valence-electron chi connectivity index (χ0n) is 23.4. The molecule has 0 aliphatic rings. The summed E-state index contributed by atoms with van der Waals surface area (Å²) in [4.78, 5) is 96.7. The molecule has 0 amide bonds. The molecule has 0 aromatic carbocycles. The van der Waals surface area contributed by atoms with Crippen LogP contribution in [0.25, 0.3) is 0 Å². The minimum atomic E-state index is -1.58. The minimum absolute atomic E-state index is 0. The maximum atomic E-state index is 9.71. The molecule has 27 heteroatoms. The van der Waals surface area contributed by atoms with Crippen LogP contribution in [0.3, 0.4) is 0 Å². The minimum Gasteiger partial charge on any atom is -0.550 e. The smallest absolute Gasteiger partial charge is 0.0586 e. The molecule has 10 N–H and O–H groups in total. The van der Waals surface area contributed by atoms with Crippen molar-refractivity contribution >= 4 is 59.7 Å². The summed E-state index contributed by atoms with van der Waals surface area (Å²) in [5, 5.41) is 96.7. The van der Waals surface area contributed by atoms with E-state index in [9.17, 15) is 99.0 Å². The van der Waals surface area contributed by atoms with Crippen LogP contribution in [-0.4, -0.2) is 89.9 Å². The van der Waals surface area contributed by atoms with Crippen LogP contribution in [0.4, 0.5) is 0 Å². The summed E-state index contributed by atoms with van der Waals surface area (Å²) in [5.41, 5.74) is 23.7. The second-order valence-electron chi connectivity index (χ2n) is 7.51. The number of nitrogens with two attached hydrogens (primary N) is 5. The van der Waals surface area contributed by atoms with Gasteiger partial charge < -0.3 is 128 Å². The molecule has 0 heterocycles. The van der Waals surface area contributed by atoms with Crippen LogP contribution < -0.4 is 79.7 Å². The van der Waals surface area contributed by atoms with Gasteiger partial charge >= 0.3 is 0 Å². The molecule has 0 aromatic rings. The largest absolute Gasteiger partial charge is 0.550 e. The van der Waals surface area contributed by atoms with E-state index in [0.717, 1.165) is 0 Å². The van der Waals surface area contributed by atoms with E-state index in [1.807, 2.05) is 0 Å². The van der Waals surface area contributed by atoms with Crippen LogP contribution in [-0.2, 0) is 85.1 Å². The Labute approximate surface area is 286 Å². The summed E-state index contributed by atoms with van der Waals surface area (Å²) in [6, 6.07) is -7.31. The van der Waals surface area contributed by atoms with Gasteiger partial charge in [0.2, 0.25) is 0 Å². The monoisotopic (exact) mass is 757 g/mol. The van der Waals surface area contributed by atoms with Gasteiger partial charge in [-0.25, -0.2) is 0 Å². The Morgan fingerprint density at radius 3 is 0.404 bits per heavy atom. The van der Waals surface area contributed by atoms with E-state index in [1.54, 1.807) is 0 Å². The van der Waals surface area contributed by atoms with Crippen molar-refractivity contribution in [1.29, 1.82) is 0 Å². The Bertz CT molecular complexity index is 860. The van der Waals surface area contributed by atoms with Crippen molar-refractivity contribution in [3.05, 3.63) is 0 Å². The van der Waals surface area contributed by atoms with E-state index in [-0.39, 0.29) is 37.1 Å². The Morgan fingerprint density at radius 2 is 0.383 bits per heavy atom. The van der Waals surface area contributed by atoms with Crippen LogP contribution >= 0.6 is 0 Å². The van der Waals surface area contributed by atoms with E-state index in [0.29, 0.717) is 0 Å². The van der Waals surface area contributed by atoms with Gasteiger partial charge in [-0.2, -0.15) is 0 Å². The van der Waals surface area contributed by atoms with Gasteiger partial charge in [-0.3, -0.25) is 0 Å². The second-order valence-corrected chi connectivity index (χ2v) is 7.51. The summed E-state index contributed by atoms with van der Waals surface area (Å²) in [7, 11) is 0. The van der Waals surface area contributed by atoms with Crippen LogP contribution in [0.1, 0.15) is 32.1 Å². The van der Waals surface area contributed by atoms with Gasteiger partial charge in [-0.15, -0.1) is 0 Å². The van der Waals surface area contributed by atoms with Crippen molar-refractivity contribution in [2.45, 2.75) is 62.3 Å². The summed E-state index contributed by atoms with van der Waals surface area (Å²) >= 11 is 0. The molecule has 0 aliphatic heterocycles. The van der Waals surface area contributed by atoms with Gasteiger partial charge in [-0.1, -0.05) is 0 Å². The first kappa shape index (κ1) is 58.2. The molecule has 5 atom stereocenters. The average molecular weight is 757 g/mol. The number of carbonyl (C=O) groups excluding carboxylic acids is 10. The molecule has 2 radical (unpaired) electrons. The zero-order valence-corrected chi connectivity index (χ0v) is 26.2. The van der Waals surface area contributed by atoms with E-state index >= 15 is 0 Å². The fourth-order valence-corrected chi connectivity index (χ4v) is 1.31. The summed E-state index contributed by atoms with van der Waals surface area (Å²) in [6.07, 6.45) is -3.53. The number of carbonyl (C=O) groups is 10. The quantitative estimate of drug-likeness (QED) is 0.103. The SMILES string of the molecule is N[C@@H](CC(=O)[O-])C(=O)[O-].N[C@@H](CC(=O)[O-])C(=O)[O-].N[C@@H](CC(=O)[O-])C(=O)[O-].N[C@@H](CC(=O)[O-])C(=O)[O-].N[C@@H](CC(=O)[O-])C(=O)[O-].[V].[V]. The fraction of sp³-hybridized carbons (Fsp3) is 0.500. The van der Waals surface area contributed by atoms with Gasteiger partial charge in [-0.05, 0) is 0 Å². The Morgan fingerprint density at radius 1 is 0.298 bits per heavy atom. The second kappa shape index (κ2) is 33.0. The van der Waals surface area contributed by atoms with E-state index in [4.69, 9.17) is 28.7 Å². The molecule has 0 fully saturated rings. The predicted molar refractivity (Wildman–Crippen MR) is 113 cm³/mol. The summed E-state index contributed by atoms with van der Waals surface area (Å²) in [5.74, 6) is -15.4. The third-order valence-electron chi connectivity index (χ3n) is 3.45. The number of aliphatic carboxylic acids is 10.